The molecule has 0 aliphatic carbocycles. The Hall–Kier alpha value is -1.34. The first-order valence-corrected chi connectivity index (χ1v) is 11.9. The van der Waals surface area contributed by atoms with E-state index >= 15 is 0 Å². The van der Waals surface area contributed by atoms with E-state index in [1.54, 1.807) is 26.8 Å². The van der Waals surface area contributed by atoms with E-state index in [1.807, 2.05) is 0 Å². The van der Waals surface area contributed by atoms with Crippen molar-refractivity contribution in [3.63, 3.8) is 0 Å². The Balaban J connectivity index is 5.20. The van der Waals surface area contributed by atoms with Gasteiger partial charge in [-0.3, -0.25) is 4.79 Å². The number of hydrogen-bond acceptors (Lipinski definition) is 5. The molecule has 0 aromatic carbocycles. The van der Waals surface area contributed by atoms with Gasteiger partial charge in [-0.2, -0.15) is 0 Å². The van der Waals surface area contributed by atoms with Gasteiger partial charge in [0.1, 0.15) is 5.60 Å². The van der Waals surface area contributed by atoms with Gasteiger partial charge in [0, 0.05) is 12.5 Å². The molecule has 152 valence electrons. The molecular formula is C19H37NO5Si. The number of methoxy groups -OCH3 is 1. The summed E-state index contributed by atoms with van der Waals surface area (Å²) in [5, 5.41) is 2.83. The van der Waals surface area contributed by atoms with Crippen molar-refractivity contribution < 1.29 is 23.5 Å². The van der Waals surface area contributed by atoms with E-state index in [2.05, 4.69) is 45.8 Å². The van der Waals surface area contributed by atoms with Crippen molar-refractivity contribution in [1.29, 1.82) is 0 Å². The summed E-state index contributed by atoms with van der Waals surface area (Å²) in [6, 6.07) is -0.514. The molecule has 0 saturated carbocycles. The van der Waals surface area contributed by atoms with Gasteiger partial charge in [0.2, 0.25) is 0 Å². The van der Waals surface area contributed by atoms with Crippen LogP contribution < -0.4 is 5.32 Å². The average molecular weight is 388 g/mol. The molecule has 0 aromatic heterocycles. The maximum atomic E-state index is 12.2. The van der Waals surface area contributed by atoms with Crippen molar-refractivity contribution in [2.24, 2.45) is 5.92 Å². The second kappa shape index (κ2) is 9.55. The molecule has 26 heavy (non-hydrogen) atoms. The SMILES string of the molecule is C=CC(CO[Si](C)(C)C(C)(C)C)C(CC(=O)OC)NC(=O)OC(C)(C)C. The van der Waals surface area contributed by atoms with Crippen molar-refractivity contribution in [3.05, 3.63) is 12.7 Å². The Morgan fingerprint density at radius 3 is 2.08 bits per heavy atom. The van der Waals surface area contributed by atoms with Crippen LogP contribution >= 0.6 is 0 Å². The summed E-state index contributed by atoms with van der Waals surface area (Å²) in [6.45, 7) is 20.4. The van der Waals surface area contributed by atoms with Gasteiger partial charge in [0.25, 0.3) is 0 Å². The number of carbonyl (C=O) groups excluding carboxylic acids is 2. The van der Waals surface area contributed by atoms with E-state index in [0.717, 1.165) is 0 Å². The standard InChI is InChI=1S/C19H37NO5Si/c1-11-14(13-24-26(9,10)19(5,6)7)15(12-16(21)23-8)20-17(22)25-18(2,3)4/h11,14-15H,1,12-13H2,2-10H3,(H,20,22). The molecule has 0 rings (SSSR count). The second-order valence-electron chi connectivity index (χ2n) is 9.00. The van der Waals surface area contributed by atoms with Crippen LogP contribution in [-0.4, -0.2) is 45.7 Å². The average Bonchev–Trinajstić information content (AvgIpc) is 2.44. The highest BCUT2D eigenvalue weighted by Gasteiger charge is 2.38. The van der Waals surface area contributed by atoms with E-state index in [9.17, 15) is 9.59 Å². The summed E-state index contributed by atoms with van der Waals surface area (Å²) in [7, 11) is -0.643. The first-order valence-electron chi connectivity index (χ1n) is 8.96. The Bertz CT molecular complexity index is 491. The Kier molecular flexibility index (Phi) is 9.06. The van der Waals surface area contributed by atoms with Gasteiger partial charge < -0.3 is 19.2 Å². The molecule has 0 spiro atoms. The fourth-order valence-corrected chi connectivity index (χ4v) is 2.94. The molecule has 0 saturated heterocycles. The second-order valence-corrected chi connectivity index (χ2v) is 13.8. The molecule has 1 amide bonds. The first-order chi connectivity index (χ1) is 11.6. The number of ether oxygens (including phenoxy) is 2. The molecule has 0 bridgehead atoms. The van der Waals surface area contributed by atoms with E-state index < -0.39 is 32.0 Å². The van der Waals surface area contributed by atoms with Crippen molar-refractivity contribution in [2.75, 3.05) is 13.7 Å². The fraction of sp³-hybridized carbons (Fsp3) is 0.789. The fourth-order valence-electron chi connectivity index (χ4n) is 1.90. The summed E-state index contributed by atoms with van der Waals surface area (Å²) in [6.07, 6.45) is 1.15. The topological polar surface area (TPSA) is 73.9 Å². The normalized spacial score (nSPS) is 15.0. The van der Waals surface area contributed by atoms with Crippen LogP contribution in [0, 0.1) is 5.92 Å². The number of hydrogen-bond donors (Lipinski definition) is 1. The van der Waals surface area contributed by atoms with Crippen LogP contribution in [0.2, 0.25) is 18.1 Å². The molecule has 0 aliphatic heterocycles. The van der Waals surface area contributed by atoms with Crippen LogP contribution in [0.5, 0.6) is 0 Å². The van der Waals surface area contributed by atoms with Gasteiger partial charge in [0.15, 0.2) is 8.32 Å². The summed E-state index contributed by atoms with van der Waals surface area (Å²) in [5.41, 5.74) is -0.624. The minimum Gasteiger partial charge on any atom is -0.469 e. The summed E-state index contributed by atoms with van der Waals surface area (Å²) in [5.74, 6) is -0.652. The Labute approximate surface area is 159 Å². The summed E-state index contributed by atoms with van der Waals surface area (Å²) in [4.78, 5) is 24.0. The monoisotopic (exact) mass is 387 g/mol. The number of nitrogens with one attached hydrogen (secondary N) is 1. The molecule has 6 nitrogen and oxygen atoms in total. The van der Waals surface area contributed by atoms with Crippen molar-refractivity contribution >= 4 is 20.4 Å². The Morgan fingerprint density at radius 1 is 1.15 bits per heavy atom. The first kappa shape index (κ1) is 24.7. The minimum absolute atomic E-state index is 0.0211. The number of carbonyl (C=O) groups is 2. The third-order valence-electron chi connectivity index (χ3n) is 4.58. The zero-order valence-electron chi connectivity index (χ0n) is 17.9. The number of esters is 1. The lowest BCUT2D eigenvalue weighted by molar-refractivity contribution is -0.141. The van der Waals surface area contributed by atoms with Crippen LogP contribution in [0.4, 0.5) is 4.79 Å². The molecule has 0 heterocycles. The molecule has 0 fully saturated rings. The van der Waals surface area contributed by atoms with Gasteiger partial charge in [-0.05, 0) is 38.9 Å². The van der Waals surface area contributed by atoms with E-state index in [0.29, 0.717) is 6.61 Å². The lowest BCUT2D eigenvalue weighted by atomic mass is 9.98. The van der Waals surface area contributed by atoms with E-state index in [1.165, 1.54) is 7.11 Å². The minimum atomic E-state index is -1.96. The van der Waals surface area contributed by atoms with Gasteiger partial charge in [0.05, 0.1) is 19.6 Å². The number of alkyl carbamates (subject to hydrolysis) is 1. The maximum Gasteiger partial charge on any atom is 0.407 e. The van der Waals surface area contributed by atoms with E-state index in [4.69, 9.17) is 13.9 Å². The van der Waals surface area contributed by atoms with Crippen molar-refractivity contribution in [3.8, 4) is 0 Å². The molecular weight excluding hydrogens is 350 g/mol. The number of rotatable bonds is 8. The van der Waals surface area contributed by atoms with Gasteiger partial charge in [-0.1, -0.05) is 26.8 Å². The molecule has 0 radical (unpaired) electrons. The van der Waals surface area contributed by atoms with Crippen molar-refractivity contribution in [2.45, 2.75) is 77.7 Å². The molecule has 0 aromatic rings. The van der Waals surface area contributed by atoms with E-state index in [-0.39, 0.29) is 17.4 Å². The lowest BCUT2D eigenvalue weighted by Crippen LogP contribution is -2.47. The highest BCUT2D eigenvalue weighted by molar-refractivity contribution is 6.74. The molecule has 0 aliphatic rings. The van der Waals surface area contributed by atoms with Crippen LogP contribution in [0.1, 0.15) is 48.0 Å². The summed E-state index contributed by atoms with van der Waals surface area (Å²) < 4.78 is 16.3. The molecule has 1 N–H and O–H groups in total. The van der Waals surface area contributed by atoms with Gasteiger partial charge >= 0.3 is 12.1 Å². The third kappa shape index (κ3) is 8.85. The largest absolute Gasteiger partial charge is 0.469 e. The zero-order valence-corrected chi connectivity index (χ0v) is 18.9. The van der Waals surface area contributed by atoms with Crippen LogP contribution in [0.25, 0.3) is 0 Å². The lowest BCUT2D eigenvalue weighted by Gasteiger charge is -2.38. The quantitative estimate of drug-likeness (QED) is 0.382. The third-order valence-corrected chi connectivity index (χ3v) is 9.08. The van der Waals surface area contributed by atoms with Crippen LogP contribution in [0.3, 0.4) is 0 Å². The Morgan fingerprint density at radius 2 is 1.69 bits per heavy atom. The summed E-state index contributed by atoms with van der Waals surface area (Å²) >= 11 is 0. The highest BCUT2D eigenvalue weighted by atomic mass is 28.4. The maximum absolute atomic E-state index is 12.2. The predicted octanol–water partition coefficient (Wildman–Crippen LogP) is 4.27. The number of amides is 1. The predicted molar refractivity (Wildman–Crippen MR) is 107 cm³/mol. The van der Waals surface area contributed by atoms with Crippen molar-refractivity contribution in [1.82, 2.24) is 5.32 Å². The van der Waals surface area contributed by atoms with Crippen LogP contribution in [0.15, 0.2) is 12.7 Å². The highest BCUT2D eigenvalue weighted by Crippen LogP contribution is 2.37. The molecule has 2 atom stereocenters. The smallest absolute Gasteiger partial charge is 0.407 e. The van der Waals surface area contributed by atoms with Crippen LogP contribution in [-0.2, 0) is 18.7 Å². The molecule has 2 unspecified atom stereocenters. The van der Waals surface area contributed by atoms with Gasteiger partial charge in [-0.25, -0.2) is 4.79 Å². The molecule has 7 heteroatoms. The van der Waals surface area contributed by atoms with Gasteiger partial charge in [-0.15, -0.1) is 6.58 Å². The zero-order chi connectivity index (χ0) is 20.8.